The van der Waals surface area contributed by atoms with E-state index in [1.54, 1.807) is 0 Å². The average molecular weight is 270 g/mol. The first kappa shape index (κ1) is 12.6. The molecule has 0 N–H and O–H groups in total. The number of unbranched alkanes of at least 4 members (excludes halogenated alkanes) is 1. The minimum Gasteiger partial charge on any atom is -0.293 e. The van der Waals surface area contributed by atoms with E-state index in [0.29, 0.717) is 0 Å². The molecule has 1 aromatic carbocycles. The van der Waals surface area contributed by atoms with Gasteiger partial charge in [0.05, 0.1) is 0 Å². The van der Waals surface area contributed by atoms with Crippen molar-refractivity contribution in [1.82, 2.24) is 4.90 Å². The molecule has 3 rings (SSSR count). The fourth-order valence-corrected chi connectivity index (χ4v) is 4.11. The van der Waals surface area contributed by atoms with Crippen molar-refractivity contribution < 1.29 is 1.37 Å². The summed E-state index contributed by atoms with van der Waals surface area (Å²) >= 11 is 0. The molecule has 0 radical (unpaired) electrons. The molecule has 0 bridgehead atoms. The molecule has 1 heteroatoms. The van der Waals surface area contributed by atoms with E-state index in [0.717, 1.165) is 19.5 Å². The quantitative estimate of drug-likeness (QED) is 0.567. The van der Waals surface area contributed by atoms with Crippen LogP contribution in [-0.2, 0) is 11.9 Å². The molecule has 20 heavy (non-hydrogen) atoms. The lowest BCUT2D eigenvalue weighted by Crippen LogP contribution is -2.52. The Kier molecular flexibility index (Phi) is 3.88. The van der Waals surface area contributed by atoms with Gasteiger partial charge >= 0.3 is 0 Å². The van der Waals surface area contributed by atoms with Crippen LogP contribution in [0.4, 0.5) is 0 Å². The minimum absolute atomic E-state index is 0.0857. The number of hydrogen-bond donors (Lipinski definition) is 0. The van der Waals surface area contributed by atoms with Gasteiger partial charge in [-0.3, -0.25) is 4.90 Å². The molecular weight excluding hydrogens is 242 g/mol. The molecule has 0 aromatic heterocycles. The minimum atomic E-state index is -0.0857. The lowest BCUT2D eigenvalue weighted by Gasteiger charge is -2.51. The first-order valence-electron chi connectivity index (χ1n) is 8.73. The smallest absolute Gasteiger partial charge is 0.0463 e. The molecule has 2 aliphatic rings. The van der Waals surface area contributed by atoms with E-state index in [2.05, 4.69) is 35.7 Å². The Morgan fingerprint density at radius 1 is 1.25 bits per heavy atom. The molecule has 1 aliphatic carbocycles. The number of fused-ring (bicyclic) bond motifs is 2. The summed E-state index contributed by atoms with van der Waals surface area (Å²) in [4.78, 5) is 2.63. The Morgan fingerprint density at radius 3 is 2.85 bits per heavy atom. The van der Waals surface area contributed by atoms with E-state index >= 15 is 0 Å². The predicted octanol–water partition coefficient (Wildman–Crippen LogP) is 4.67. The Balaban J connectivity index is 1.95. The Labute approximate surface area is 125 Å². The van der Waals surface area contributed by atoms with Crippen molar-refractivity contribution in [1.29, 1.82) is 0 Å². The highest BCUT2D eigenvalue weighted by atomic mass is 15.2. The van der Waals surface area contributed by atoms with Gasteiger partial charge in [-0.2, -0.15) is 0 Å². The zero-order valence-electron chi connectivity index (χ0n) is 13.5. The van der Waals surface area contributed by atoms with Gasteiger partial charge < -0.3 is 0 Å². The molecule has 1 saturated carbocycles. The van der Waals surface area contributed by atoms with Crippen molar-refractivity contribution in [3.63, 3.8) is 0 Å². The summed E-state index contributed by atoms with van der Waals surface area (Å²) in [6.45, 7) is 5.85. The predicted molar refractivity (Wildman–Crippen MR) is 85.9 cm³/mol. The van der Waals surface area contributed by atoms with E-state index in [-0.39, 0.29) is 11.9 Å². The molecule has 0 amide bonds. The van der Waals surface area contributed by atoms with Crippen LogP contribution in [-0.4, -0.2) is 18.0 Å². The number of rotatable bonds is 4. The van der Waals surface area contributed by atoms with E-state index in [4.69, 9.17) is 1.37 Å². The van der Waals surface area contributed by atoms with Crippen LogP contribution in [0, 0.1) is 0 Å². The lowest BCUT2D eigenvalue weighted by molar-refractivity contribution is 0.0359. The summed E-state index contributed by atoms with van der Waals surface area (Å²) in [6.07, 6.45) is 10.7. The van der Waals surface area contributed by atoms with Crippen LogP contribution in [0.5, 0.6) is 0 Å². The van der Waals surface area contributed by atoms with Gasteiger partial charge in [0.25, 0.3) is 0 Å². The molecule has 1 aliphatic heterocycles. The highest BCUT2D eigenvalue weighted by Gasteiger charge is 2.42. The topological polar surface area (TPSA) is 3.24 Å². The second kappa shape index (κ2) is 6.13. The largest absolute Gasteiger partial charge is 0.293 e. The van der Waals surface area contributed by atoms with Gasteiger partial charge in [-0.1, -0.05) is 49.6 Å². The summed E-state index contributed by atoms with van der Waals surface area (Å²) in [6, 6.07) is 8.74. The average Bonchev–Trinajstić information content (AvgIpc) is 2.54. The van der Waals surface area contributed by atoms with Gasteiger partial charge in [0.15, 0.2) is 0 Å². The SMILES string of the molecule is [2H]C1CN(CCCC=C)C2(CCCCC2)c2ccccc21. The maximum Gasteiger partial charge on any atom is 0.0463 e. The zero-order chi connectivity index (χ0) is 14.7. The molecule has 108 valence electrons. The maximum absolute atomic E-state index is 8.50. The normalized spacial score (nSPS) is 26.0. The zero-order valence-corrected chi connectivity index (χ0v) is 12.5. The van der Waals surface area contributed by atoms with Gasteiger partial charge in [-0.15, -0.1) is 6.58 Å². The Hall–Kier alpha value is -1.08. The molecule has 1 unspecified atom stereocenters. The van der Waals surface area contributed by atoms with E-state index in [1.165, 1.54) is 49.7 Å². The number of nitrogens with zero attached hydrogens (tertiary/aromatic N) is 1. The third kappa shape index (κ3) is 2.44. The molecule has 1 atom stereocenters. The second-order valence-corrected chi connectivity index (χ2v) is 6.26. The van der Waals surface area contributed by atoms with E-state index in [9.17, 15) is 0 Å². The molecular formula is C19H27N. The highest BCUT2D eigenvalue weighted by molar-refractivity contribution is 5.37. The molecule has 1 fully saturated rings. The fraction of sp³-hybridized carbons (Fsp3) is 0.579. The van der Waals surface area contributed by atoms with Crippen LogP contribution in [0.1, 0.15) is 57.4 Å². The van der Waals surface area contributed by atoms with Crippen molar-refractivity contribution in [3.8, 4) is 0 Å². The molecule has 1 aromatic rings. The number of benzene rings is 1. The van der Waals surface area contributed by atoms with Crippen molar-refractivity contribution >= 4 is 0 Å². The first-order chi connectivity index (χ1) is 10.3. The number of hydrogen-bond acceptors (Lipinski definition) is 1. The van der Waals surface area contributed by atoms with Crippen molar-refractivity contribution in [3.05, 3.63) is 48.0 Å². The summed E-state index contributed by atoms with van der Waals surface area (Å²) in [5.74, 6) is 0. The van der Waals surface area contributed by atoms with Crippen LogP contribution in [0.15, 0.2) is 36.9 Å². The van der Waals surface area contributed by atoms with Gasteiger partial charge in [0.2, 0.25) is 0 Å². The van der Waals surface area contributed by atoms with Crippen LogP contribution in [0.2, 0.25) is 0 Å². The van der Waals surface area contributed by atoms with Gasteiger partial charge in [-0.05, 0) is 49.8 Å². The lowest BCUT2D eigenvalue weighted by atomic mass is 9.71. The van der Waals surface area contributed by atoms with E-state index in [1.807, 2.05) is 6.08 Å². The summed E-state index contributed by atoms with van der Waals surface area (Å²) in [5, 5.41) is 0. The van der Waals surface area contributed by atoms with E-state index < -0.39 is 0 Å². The Bertz CT molecular complexity index is 490. The maximum atomic E-state index is 8.50. The monoisotopic (exact) mass is 270 g/mol. The van der Waals surface area contributed by atoms with Crippen LogP contribution in [0.3, 0.4) is 0 Å². The van der Waals surface area contributed by atoms with Crippen LogP contribution in [0.25, 0.3) is 0 Å². The Morgan fingerprint density at radius 2 is 2.05 bits per heavy atom. The first-order valence-corrected chi connectivity index (χ1v) is 8.15. The van der Waals surface area contributed by atoms with Crippen LogP contribution < -0.4 is 0 Å². The number of allylic oxidation sites excluding steroid dienone is 1. The summed E-state index contributed by atoms with van der Waals surface area (Å²) in [5.41, 5.74) is 2.95. The van der Waals surface area contributed by atoms with Crippen molar-refractivity contribution in [2.45, 2.75) is 56.9 Å². The highest BCUT2D eigenvalue weighted by Crippen LogP contribution is 2.46. The van der Waals surface area contributed by atoms with Gasteiger partial charge in [-0.25, -0.2) is 0 Å². The standard InChI is InChI=1S/C19H27N/c1-2-3-9-15-20-16-12-17-10-5-6-11-18(17)19(20)13-7-4-8-14-19/h2,5-6,10-11H,1,3-4,7-9,12-16H2/i12D. The van der Waals surface area contributed by atoms with Gasteiger partial charge in [0.1, 0.15) is 0 Å². The molecule has 1 spiro atoms. The van der Waals surface area contributed by atoms with Crippen LogP contribution >= 0.6 is 0 Å². The van der Waals surface area contributed by atoms with Gasteiger partial charge in [0, 0.05) is 13.5 Å². The molecule has 0 saturated heterocycles. The molecule has 1 nitrogen and oxygen atoms in total. The van der Waals surface area contributed by atoms with Crippen molar-refractivity contribution in [2.24, 2.45) is 0 Å². The molecule has 1 heterocycles. The second-order valence-electron chi connectivity index (χ2n) is 6.26. The van der Waals surface area contributed by atoms with Crippen molar-refractivity contribution in [2.75, 3.05) is 13.1 Å². The third-order valence-electron chi connectivity index (χ3n) is 5.12. The fourth-order valence-electron chi connectivity index (χ4n) is 4.11. The third-order valence-corrected chi connectivity index (χ3v) is 5.12. The summed E-state index contributed by atoms with van der Waals surface area (Å²) in [7, 11) is 0. The summed E-state index contributed by atoms with van der Waals surface area (Å²) < 4.78 is 8.50.